The van der Waals surface area contributed by atoms with Gasteiger partial charge in [0.05, 0.1) is 24.0 Å². The molecule has 0 aliphatic heterocycles. The molecule has 0 aromatic heterocycles. The first-order valence-electron chi connectivity index (χ1n) is 6.31. The van der Waals surface area contributed by atoms with Crippen LogP contribution in [0, 0.1) is 18.3 Å². The third-order valence-electron chi connectivity index (χ3n) is 3.13. The van der Waals surface area contributed by atoms with Gasteiger partial charge in [0.25, 0.3) is 5.91 Å². The summed E-state index contributed by atoms with van der Waals surface area (Å²) in [7, 11) is 1.49. The lowest BCUT2D eigenvalue weighted by atomic mass is 10.1. The zero-order valence-corrected chi connectivity index (χ0v) is 11.8. The first kappa shape index (κ1) is 14.4. The van der Waals surface area contributed by atoms with E-state index in [1.165, 1.54) is 7.11 Å². The molecule has 5 nitrogen and oxygen atoms in total. The number of anilines is 2. The van der Waals surface area contributed by atoms with Crippen molar-refractivity contribution >= 4 is 17.3 Å². The highest BCUT2D eigenvalue weighted by Crippen LogP contribution is 2.24. The molecule has 0 aliphatic carbocycles. The number of nitrogens with two attached hydrogens (primary N) is 1. The van der Waals surface area contributed by atoms with Crippen molar-refractivity contribution in [2.45, 2.75) is 6.92 Å². The molecule has 0 unspecified atom stereocenters. The Hall–Kier alpha value is -3.00. The molecule has 106 valence electrons. The van der Waals surface area contributed by atoms with Crippen molar-refractivity contribution in [3.8, 4) is 11.8 Å². The second kappa shape index (κ2) is 5.97. The minimum atomic E-state index is -0.324. The van der Waals surface area contributed by atoms with Crippen LogP contribution in [0.4, 0.5) is 11.4 Å². The minimum Gasteiger partial charge on any atom is -0.495 e. The number of nitrogen functional groups attached to an aromatic ring is 1. The van der Waals surface area contributed by atoms with Gasteiger partial charge in [0.15, 0.2) is 0 Å². The Morgan fingerprint density at radius 2 is 2.10 bits per heavy atom. The van der Waals surface area contributed by atoms with Gasteiger partial charge in [-0.2, -0.15) is 5.26 Å². The molecule has 0 atom stereocenters. The maximum Gasteiger partial charge on any atom is 0.255 e. The van der Waals surface area contributed by atoms with Crippen LogP contribution in [0.3, 0.4) is 0 Å². The van der Waals surface area contributed by atoms with Gasteiger partial charge < -0.3 is 15.8 Å². The average Bonchev–Trinajstić information content (AvgIpc) is 2.48. The maximum atomic E-state index is 12.3. The normalized spacial score (nSPS) is 9.76. The van der Waals surface area contributed by atoms with E-state index >= 15 is 0 Å². The predicted molar refractivity (Wildman–Crippen MR) is 81.3 cm³/mol. The molecular formula is C16H15N3O2. The largest absolute Gasteiger partial charge is 0.495 e. The number of amides is 1. The molecule has 3 N–H and O–H groups in total. The first-order chi connectivity index (χ1) is 10.1. The highest BCUT2D eigenvalue weighted by molar-refractivity contribution is 6.05. The molecule has 1 amide bonds. The maximum absolute atomic E-state index is 12.3. The van der Waals surface area contributed by atoms with Crippen LogP contribution >= 0.6 is 0 Å². The molecule has 0 saturated carbocycles. The van der Waals surface area contributed by atoms with E-state index in [2.05, 4.69) is 11.4 Å². The van der Waals surface area contributed by atoms with Crippen LogP contribution in [0.15, 0.2) is 36.4 Å². The molecule has 2 rings (SSSR count). The standard InChI is InChI=1S/C16H15N3O2/c1-10-4-3-5-14(12(10)9-17)19-16(20)11-6-7-13(18)15(8-11)21-2/h3-8H,18H2,1-2H3,(H,19,20). The Morgan fingerprint density at radius 3 is 2.76 bits per heavy atom. The average molecular weight is 281 g/mol. The van der Waals surface area contributed by atoms with Crippen LogP contribution in [-0.4, -0.2) is 13.0 Å². The van der Waals surface area contributed by atoms with E-state index in [9.17, 15) is 4.79 Å². The Morgan fingerprint density at radius 1 is 1.33 bits per heavy atom. The second-order valence-corrected chi connectivity index (χ2v) is 4.52. The van der Waals surface area contributed by atoms with Gasteiger partial charge in [0.1, 0.15) is 11.8 Å². The van der Waals surface area contributed by atoms with E-state index in [-0.39, 0.29) is 5.91 Å². The first-order valence-corrected chi connectivity index (χ1v) is 6.31. The number of aryl methyl sites for hydroxylation is 1. The third kappa shape index (κ3) is 2.95. The van der Waals surface area contributed by atoms with E-state index in [0.29, 0.717) is 28.3 Å². The molecule has 2 aromatic carbocycles. The minimum absolute atomic E-state index is 0.324. The van der Waals surface area contributed by atoms with Gasteiger partial charge >= 0.3 is 0 Å². The lowest BCUT2D eigenvalue weighted by Crippen LogP contribution is -2.13. The molecule has 5 heteroatoms. The second-order valence-electron chi connectivity index (χ2n) is 4.52. The summed E-state index contributed by atoms with van der Waals surface area (Å²) in [6, 6.07) is 12.2. The molecule has 0 radical (unpaired) electrons. The van der Waals surface area contributed by atoms with Gasteiger partial charge in [-0.1, -0.05) is 12.1 Å². The summed E-state index contributed by atoms with van der Waals surface area (Å²) in [6.45, 7) is 1.82. The summed E-state index contributed by atoms with van der Waals surface area (Å²) in [5.74, 6) is 0.114. The lowest BCUT2D eigenvalue weighted by molar-refractivity contribution is 0.102. The van der Waals surface area contributed by atoms with Crippen molar-refractivity contribution in [2.75, 3.05) is 18.2 Å². The molecule has 2 aromatic rings. The van der Waals surface area contributed by atoms with Crippen molar-refractivity contribution in [2.24, 2.45) is 0 Å². The number of nitrogens with one attached hydrogen (secondary N) is 1. The number of hydrogen-bond acceptors (Lipinski definition) is 4. The fourth-order valence-electron chi connectivity index (χ4n) is 1.97. The Balaban J connectivity index is 2.31. The zero-order chi connectivity index (χ0) is 15.4. The monoisotopic (exact) mass is 281 g/mol. The van der Waals surface area contributed by atoms with Gasteiger partial charge in [-0.25, -0.2) is 0 Å². The van der Waals surface area contributed by atoms with E-state index in [4.69, 9.17) is 15.7 Å². The summed E-state index contributed by atoms with van der Waals surface area (Å²) in [4.78, 5) is 12.3. The lowest BCUT2D eigenvalue weighted by Gasteiger charge is -2.10. The molecular weight excluding hydrogens is 266 g/mol. The van der Waals surface area contributed by atoms with Crippen molar-refractivity contribution in [3.63, 3.8) is 0 Å². The number of methoxy groups -OCH3 is 1. The quantitative estimate of drug-likeness (QED) is 0.847. The number of hydrogen-bond donors (Lipinski definition) is 2. The van der Waals surface area contributed by atoms with Crippen LogP contribution in [0.2, 0.25) is 0 Å². The molecule has 0 bridgehead atoms. The van der Waals surface area contributed by atoms with Crippen LogP contribution in [0.5, 0.6) is 5.75 Å². The van der Waals surface area contributed by atoms with Crippen LogP contribution in [0.1, 0.15) is 21.5 Å². The van der Waals surface area contributed by atoms with Crippen LogP contribution in [-0.2, 0) is 0 Å². The Kier molecular flexibility index (Phi) is 4.10. The summed E-state index contributed by atoms with van der Waals surface area (Å²) in [5, 5.41) is 11.9. The molecule has 0 aliphatic rings. The van der Waals surface area contributed by atoms with Crippen molar-refractivity contribution in [1.29, 1.82) is 5.26 Å². The fourth-order valence-corrected chi connectivity index (χ4v) is 1.97. The van der Waals surface area contributed by atoms with Gasteiger partial charge in [-0.05, 0) is 36.8 Å². The highest BCUT2D eigenvalue weighted by Gasteiger charge is 2.12. The van der Waals surface area contributed by atoms with Crippen molar-refractivity contribution in [3.05, 3.63) is 53.1 Å². The number of carbonyl (C=O) groups excluding carboxylic acids is 1. The highest BCUT2D eigenvalue weighted by atomic mass is 16.5. The summed E-state index contributed by atoms with van der Waals surface area (Å²) >= 11 is 0. The molecule has 21 heavy (non-hydrogen) atoms. The van der Waals surface area contributed by atoms with Gasteiger partial charge in [0, 0.05) is 5.56 Å². The predicted octanol–water partition coefficient (Wildman–Crippen LogP) is 2.71. The summed E-state index contributed by atoms with van der Waals surface area (Å²) in [5.41, 5.74) is 8.33. The zero-order valence-electron chi connectivity index (χ0n) is 11.8. The fraction of sp³-hybridized carbons (Fsp3) is 0.125. The van der Waals surface area contributed by atoms with E-state index in [1.54, 1.807) is 30.3 Å². The number of nitriles is 1. The van der Waals surface area contributed by atoms with Gasteiger partial charge in [-0.3, -0.25) is 4.79 Å². The Bertz CT molecular complexity index is 733. The number of rotatable bonds is 3. The van der Waals surface area contributed by atoms with E-state index < -0.39 is 0 Å². The van der Waals surface area contributed by atoms with E-state index in [1.807, 2.05) is 13.0 Å². The Labute approximate surface area is 123 Å². The molecule has 0 saturated heterocycles. The van der Waals surface area contributed by atoms with Crippen LogP contribution < -0.4 is 15.8 Å². The number of ether oxygens (including phenoxy) is 1. The number of benzene rings is 2. The topological polar surface area (TPSA) is 88.1 Å². The smallest absolute Gasteiger partial charge is 0.255 e. The molecule has 0 heterocycles. The van der Waals surface area contributed by atoms with Crippen molar-refractivity contribution < 1.29 is 9.53 Å². The van der Waals surface area contributed by atoms with Crippen molar-refractivity contribution in [1.82, 2.24) is 0 Å². The molecule has 0 fully saturated rings. The van der Waals surface area contributed by atoms with E-state index in [0.717, 1.165) is 5.56 Å². The number of nitrogens with zero attached hydrogens (tertiary/aromatic N) is 1. The molecule has 0 spiro atoms. The van der Waals surface area contributed by atoms with Gasteiger partial charge in [0.2, 0.25) is 0 Å². The van der Waals surface area contributed by atoms with Gasteiger partial charge in [-0.15, -0.1) is 0 Å². The summed E-state index contributed by atoms with van der Waals surface area (Å²) in [6.07, 6.45) is 0. The van der Waals surface area contributed by atoms with Crippen LogP contribution in [0.25, 0.3) is 0 Å². The third-order valence-corrected chi connectivity index (χ3v) is 3.13. The number of carbonyl (C=O) groups is 1. The SMILES string of the molecule is COc1cc(C(=O)Nc2cccc(C)c2C#N)ccc1N. The summed E-state index contributed by atoms with van der Waals surface area (Å²) < 4.78 is 5.09.